The third kappa shape index (κ3) is 4.84. The smallest absolute Gasteiger partial charge is 0.409 e. The molecule has 1 aromatic heterocycles. The number of rotatable bonds is 7. The highest BCUT2D eigenvalue weighted by molar-refractivity contribution is 7.10. The van der Waals surface area contributed by atoms with Gasteiger partial charge in [-0.1, -0.05) is 18.2 Å². The minimum atomic E-state index is -0.824. The maximum absolute atomic E-state index is 13.2. The molecule has 159 valence electrons. The van der Waals surface area contributed by atoms with E-state index in [0.717, 1.165) is 57.4 Å². The molecular formula is C23H28N3O3S. The number of likely N-dealkylation sites (tertiary alicyclic amines) is 2. The molecule has 0 unspecified atom stereocenters. The predicted octanol–water partition coefficient (Wildman–Crippen LogP) is 3.66. The number of piperidine rings is 1. The summed E-state index contributed by atoms with van der Waals surface area (Å²) in [4.78, 5) is 29.8. The summed E-state index contributed by atoms with van der Waals surface area (Å²) < 4.78 is 4.86. The molecule has 2 N–H and O–H groups in total. The molecule has 1 spiro atoms. The topological polar surface area (TPSA) is 75.9 Å². The van der Waals surface area contributed by atoms with Crippen LogP contribution in [0.2, 0.25) is 0 Å². The summed E-state index contributed by atoms with van der Waals surface area (Å²) in [7, 11) is 0. The summed E-state index contributed by atoms with van der Waals surface area (Å²) in [5, 5.41) is 2.11. The van der Waals surface area contributed by atoms with Gasteiger partial charge in [-0.25, -0.2) is 4.79 Å². The van der Waals surface area contributed by atoms with Crippen LogP contribution in [-0.2, 0) is 11.3 Å². The molecule has 6 nitrogen and oxygen atoms in total. The molecule has 3 heterocycles. The van der Waals surface area contributed by atoms with Gasteiger partial charge < -0.3 is 20.3 Å². The van der Waals surface area contributed by atoms with Crippen LogP contribution in [-0.4, -0.2) is 48.0 Å². The molecule has 2 saturated heterocycles. The Bertz CT molecular complexity index is 858. The van der Waals surface area contributed by atoms with E-state index in [-0.39, 0.29) is 5.41 Å². The maximum atomic E-state index is 13.2. The van der Waals surface area contributed by atoms with Gasteiger partial charge in [0.1, 0.15) is 5.75 Å². The van der Waals surface area contributed by atoms with Gasteiger partial charge in [-0.2, -0.15) is 0 Å². The first-order chi connectivity index (χ1) is 14.5. The largest absolute Gasteiger partial charge is 0.411 e. The number of ether oxygens (including phenoxy) is 1. The number of carbonyl (C=O) groups is 2. The third-order valence-electron chi connectivity index (χ3n) is 6.26. The Labute approximate surface area is 181 Å². The van der Waals surface area contributed by atoms with Gasteiger partial charge in [-0.15, -0.1) is 11.3 Å². The van der Waals surface area contributed by atoms with E-state index in [2.05, 4.69) is 28.8 Å². The first kappa shape index (κ1) is 20.9. The molecule has 0 atom stereocenters. The number of carbonyl (C=O) groups excluding carboxylic acids is 2. The standard InChI is InChI=1S/C23H28N3O3S/c24-22(28)29-19-7-5-18(6-8-19)17-26-15-11-23(21(26)27)9-13-25(14-10-23)12-1-3-20-4-2-16-30-20/h2-8,16H,1,9-15,17H2,(H2,24,28). The molecule has 2 fully saturated rings. The number of nitrogens with zero attached hydrogens (tertiary/aromatic N) is 2. The Hall–Kier alpha value is -2.38. The average Bonchev–Trinajstić information content (AvgIpc) is 3.35. The van der Waals surface area contributed by atoms with Gasteiger partial charge in [-0.05, 0) is 74.5 Å². The van der Waals surface area contributed by atoms with Crippen molar-refractivity contribution >= 4 is 23.3 Å². The van der Waals surface area contributed by atoms with Crippen molar-refractivity contribution in [1.82, 2.24) is 9.80 Å². The first-order valence-corrected chi connectivity index (χ1v) is 11.4. The lowest BCUT2D eigenvalue weighted by Gasteiger charge is -2.38. The van der Waals surface area contributed by atoms with Crippen LogP contribution in [0.3, 0.4) is 0 Å². The Kier molecular flexibility index (Phi) is 6.39. The van der Waals surface area contributed by atoms with Gasteiger partial charge in [0.15, 0.2) is 0 Å². The zero-order chi connectivity index (χ0) is 21.0. The summed E-state index contributed by atoms with van der Waals surface area (Å²) in [6, 6.07) is 11.4. The predicted molar refractivity (Wildman–Crippen MR) is 117 cm³/mol. The highest BCUT2D eigenvalue weighted by atomic mass is 32.1. The van der Waals surface area contributed by atoms with E-state index in [0.29, 0.717) is 18.2 Å². The van der Waals surface area contributed by atoms with Crippen molar-refractivity contribution in [3.05, 3.63) is 58.6 Å². The van der Waals surface area contributed by atoms with Crippen LogP contribution in [0.25, 0.3) is 0 Å². The van der Waals surface area contributed by atoms with E-state index in [1.165, 1.54) is 4.88 Å². The molecule has 0 saturated carbocycles. The maximum Gasteiger partial charge on any atom is 0.409 e. The van der Waals surface area contributed by atoms with Crippen LogP contribution >= 0.6 is 11.3 Å². The zero-order valence-electron chi connectivity index (χ0n) is 17.1. The van der Waals surface area contributed by atoms with Crippen molar-refractivity contribution < 1.29 is 14.3 Å². The summed E-state index contributed by atoms with van der Waals surface area (Å²) in [6.07, 6.45) is 5.39. The van der Waals surface area contributed by atoms with Crippen LogP contribution in [0.15, 0.2) is 41.8 Å². The van der Waals surface area contributed by atoms with E-state index >= 15 is 0 Å². The summed E-state index contributed by atoms with van der Waals surface area (Å²) in [6.45, 7) is 4.46. The van der Waals surface area contributed by atoms with Crippen molar-refractivity contribution in [2.45, 2.75) is 32.2 Å². The fourth-order valence-electron chi connectivity index (χ4n) is 4.51. The Balaban J connectivity index is 1.25. The van der Waals surface area contributed by atoms with Crippen LogP contribution in [0.4, 0.5) is 4.79 Å². The fraction of sp³-hybridized carbons (Fsp3) is 0.435. The SMILES string of the molecule is NC(=O)Oc1ccc(CN2CCC3(CCN(CC[CH]c4cccs4)CC3)C2=O)cc1. The van der Waals surface area contributed by atoms with Gasteiger partial charge in [0, 0.05) is 24.4 Å². The van der Waals surface area contributed by atoms with Crippen LogP contribution in [0.1, 0.15) is 36.1 Å². The molecular weight excluding hydrogens is 398 g/mol. The number of amides is 2. The number of thiophene rings is 1. The molecule has 2 aliphatic heterocycles. The quantitative estimate of drug-likeness (QED) is 0.733. The number of hydrogen-bond acceptors (Lipinski definition) is 5. The summed E-state index contributed by atoms with van der Waals surface area (Å²) >= 11 is 1.78. The van der Waals surface area contributed by atoms with Gasteiger partial charge >= 0.3 is 6.09 Å². The van der Waals surface area contributed by atoms with Crippen molar-refractivity contribution in [3.63, 3.8) is 0 Å². The lowest BCUT2D eigenvalue weighted by atomic mass is 9.77. The van der Waals surface area contributed by atoms with Gasteiger partial charge in [0.05, 0.1) is 5.41 Å². The van der Waals surface area contributed by atoms with Crippen LogP contribution < -0.4 is 10.5 Å². The summed E-state index contributed by atoms with van der Waals surface area (Å²) in [5.74, 6) is 0.712. The van der Waals surface area contributed by atoms with Gasteiger partial charge in [0.2, 0.25) is 5.91 Å². The van der Waals surface area contributed by atoms with E-state index in [4.69, 9.17) is 10.5 Å². The lowest BCUT2D eigenvalue weighted by molar-refractivity contribution is -0.138. The van der Waals surface area contributed by atoms with Gasteiger partial charge in [-0.3, -0.25) is 4.79 Å². The average molecular weight is 427 g/mol. The van der Waals surface area contributed by atoms with Gasteiger partial charge in [0.25, 0.3) is 0 Å². The number of nitrogens with two attached hydrogens (primary N) is 1. The molecule has 0 bridgehead atoms. The Morgan fingerprint density at radius 2 is 1.87 bits per heavy atom. The first-order valence-electron chi connectivity index (χ1n) is 10.5. The van der Waals surface area contributed by atoms with E-state index in [1.807, 2.05) is 17.0 Å². The lowest BCUT2D eigenvalue weighted by Crippen LogP contribution is -2.44. The van der Waals surface area contributed by atoms with Crippen molar-refractivity contribution in [2.24, 2.45) is 11.1 Å². The second-order valence-electron chi connectivity index (χ2n) is 8.17. The van der Waals surface area contributed by atoms with Crippen molar-refractivity contribution in [2.75, 3.05) is 26.2 Å². The fourth-order valence-corrected chi connectivity index (χ4v) is 5.19. The minimum Gasteiger partial charge on any atom is -0.411 e. The van der Waals surface area contributed by atoms with Crippen molar-refractivity contribution in [3.8, 4) is 5.75 Å². The second kappa shape index (κ2) is 9.18. The van der Waals surface area contributed by atoms with E-state index in [1.54, 1.807) is 23.5 Å². The van der Waals surface area contributed by atoms with E-state index in [9.17, 15) is 9.59 Å². The molecule has 2 amide bonds. The number of benzene rings is 1. The monoisotopic (exact) mass is 426 g/mol. The molecule has 0 aliphatic carbocycles. The second-order valence-corrected chi connectivity index (χ2v) is 9.15. The normalized spacial score (nSPS) is 18.8. The Morgan fingerprint density at radius 1 is 1.13 bits per heavy atom. The minimum absolute atomic E-state index is 0.178. The highest BCUT2D eigenvalue weighted by Crippen LogP contribution is 2.42. The zero-order valence-corrected chi connectivity index (χ0v) is 17.9. The molecule has 2 aromatic rings. The molecule has 30 heavy (non-hydrogen) atoms. The van der Waals surface area contributed by atoms with Crippen LogP contribution in [0.5, 0.6) is 5.75 Å². The highest BCUT2D eigenvalue weighted by Gasteiger charge is 2.47. The van der Waals surface area contributed by atoms with Crippen LogP contribution in [0, 0.1) is 11.8 Å². The molecule has 2 aliphatic rings. The summed E-state index contributed by atoms with van der Waals surface area (Å²) in [5.41, 5.74) is 5.88. The van der Waals surface area contributed by atoms with Crippen molar-refractivity contribution in [1.29, 1.82) is 0 Å². The number of hydrogen-bond donors (Lipinski definition) is 1. The molecule has 1 aromatic carbocycles. The molecule has 7 heteroatoms. The Morgan fingerprint density at radius 3 is 2.53 bits per heavy atom. The molecule has 1 radical (unpaired) electrons. The third-order valence-corrected chi connectivity index (χ3v) is 7.13. The number of primary amides is 1. The van der Waals surface area contributed by atoms with E-state index < -0.39 is 6.09 Å². The molecule has 4 rings (SSSR count).